The summed E-state index contributed by atoms with van der Waals surface area (Å²) >= 11 is 0. The molecule has 0 aliphatic heterocycles. The molecule has 0 atom stereocenters. The van der Waals surface area contributed by atoms with Gasteiger partial charge in [0, 0.05) is 23.1 Å². The Morgan fingerprint density at radius 3 is 1.92 bits per heavy atom. The van der Waals surface area contributed by atoms with Crippen LogP contribution in [0, 0.1) is 5.82 Å². The van der Waals surface area contributed by atoms with Gasteiger partial charge in [-0.2, -0.15) is 0 Å². The largest absolute Gasteiger partial charge is 0.505 e. The van der Waals surface area contributed by atoms with Gasteiger partial charge >= 0.3 is 0 Å². The molecule has 0 fully saturated rings. The highest BCUT2D eigenvalue weighted by molar-refractivity contribution is 7.90. The SMILES string of the molecule is CC(C)=N/C(=C(\O)c1ccc(S(C)(=O)=O)cc1)c1ccc(F)cc1. The van der Waals surface area contributed by atoms with Crippen molar-refractivity contribution in [2.45, 2.75) is 18.7 Å². The Hall–Kier alpha value is -2.47. The molecule has 0 bridgehead atoms. The number of hydrogen-bond acceptors (Lipinski definition) is 4. The van der Waals surface area contributed by atoms with Crippen molar-refractivity contribution in [1.82, 2.24) is 0 Å². The minimum atomic E-state index is -3.31. The molecule has 24 heavy (non-hydrogen) atoms. The molecule has 0 heterocycles. The van der Waals surface area contributed by atoms with E-state index in [9.17, 15) is 17.9 Å². The number of aliphatic hydroxyl groups excluding tert-OH is 1. The Morgan fingerprint density at radius 2 is 1.46 bits per heavy atom. The lowest BCUT2D eigenvalue weighted by atomic mass is 10.1. The van der Waals surface area contributed by atoms with Crippen LogP contribution >= 0.6 is 0 Å². The van der Waals surface area contributed by atoms with Crippen molar-refractivity contribution < 1.29 is 17.9 Å². The van der Waals surface area contributed by atoms with E-state index in [1.807, 2.05) is 0 Å². The minimum Gasteiger partial charge on any atom is -0.505 e. The number of nitrogens with zero attached hydrogens (tertiary/aromatic N) is 1. The Labute approximate surface area is 140 Å². The molecule has 6 heteroatoms. The van der Waals surface area contributed by atoms with E-state index < -0.39 is 9.84 Å². The number of sulfone groups is 1. The van der Waals surface area contributed by atoms with Crippen molar-refractivity contribution in [3.8, 4) is 0 Å². The summed E-state index contributed by atoms with van der Waals surface area (Å²) in [6, 6.07) is 11.5. The molecule has 2 aromatic rings. The maximum absolute atomic E-state index is 13.1. The van der Waals surface area contributed by atoms with Gasteiger partial charge in [0.1, 0.15) is 17.3 Å². The number of hydrogen-bond donors (Lipinski definition) is 1. The number of rotatable bonds is 4. The Kier molecular flexibility index (Phi) is 5.19. The molecule has 0 saturated heterocycles. The smallest absolute Gasteiger partial charge is 0.175 e. The second kappa shape index (κ2) is 6.97. The van der Waals surface area contributed by atoms with Gasteiger partial charge in [0.2, 0.25) is 0 Å². The van der Waals surface area contributed by atoms with Crippen LogP contribution in [0.1, 0.15) is 25.0 Å². The lowest BCUT2D eigenvalue weighted by molar-refractivity contribution is 0.512. The van der Waals surface area contributed by atoms with E-state index in [1.165, 1.54) is 48.5 Å². The molecule has 0 aliphatic carbocycles. The molecule has 0 aliphatic rings. The molecule has 126 valence electrons. The molecule has 2 rings (SSSR count). The lowest BCUT2D eigenvalue weighted by Crippen LogP contribution is -1.98. The van der Waals surface area contributed by atoms with Gasteiger partial charge in [-0.15, -0.1) is 0 Å². The summed E-state index contributed by atoms with van der Waals surface area (Å²) in [5.41, 5.74) is 1.99. The van der Waals surface area contributed by atoms with Crippen molar-refractivity contribution >= 4 is 27.0 Å². The molecule has 0 aromatic heterocycles. The molecular weight excluding hydrogens is 329 g/mol. The van der Waals surface area contributed by atoms with Crippen LogP contribution in [0.25, 0.3) is 11.5 Å². The van der Waals surface area contributed by atoms with Gasteiger partial charge in [0.25, 0.3) is 0 Å². The van der Waals surface area contributed by atoms with Gasteiger partial charge in [-0.25, -0.2) is 12.8 Å². The zero-order valence-corrected chi connectivity index (χ0v) is 14.4. The Balaban J connectivity index is 2.57. The highest BCUT2D eigenvalue weighted by atomic mass is 32.2. The van der Waals surface area contributed by atoms with Crippen molar-refractivity contribution in [3.05, 3.63) is 65.5 Å². The van der Waals surface area contributed by atoms with E-state index in [0.717, 1.165) is 6.26 Å². The summed E-state index contributed by atoms with van der Waals surface area (Å²) < 4.78 is 36.2. The predicted molar refractivity (Wildman–Crippen MR) is 94.2 cm³/mol. The fourth-order valence-electron chi connectivity index (χ4n) is 2.08. The molecule has 1 N–H and O–H groups in total. The van der Waals surface area contributed by atoms with Crippen molar-refractivity contribution in [2.75, 3.05) is 6.26 Å². The molecule has 0 saturated carbocycles. The second-order valence-electron chi connectivity index (χ2n) is 5.56. The standard InChI is InChI=1S/C18H18FNO3S/c1-12(2)20-17(13-4-8-15(19)9-5-13)18(21)14-6-10-16(11-7-14)24(3,22)23/h4-11,21H,1-3H3/b18-17-. The molecule has 0 unspecified atom stereocenters. The fourth-order valence-corrected chi connectivity index (χ4v) is 2.71. The summed E-state index contributed by atoms with van der Waals surface area (Å²) in [5, 5.41) is 10.6. The molecule has 0 spiro atoms. The van der Waals surface area contributed by atoms with Crippen LogP contribution in [0.15, 0.2) is 58.4 Å². The first-order valence-corrected chi connectivity index (χ1v) is 9.09. The molecule has 0 amide bonds. The molecule has 0 radical (unpaired) electrons. The first-order chi connectivity index (χ1) is 11.2. The van der Waals surface area contributed by atoms with E-state index in [1.54, 1.807) is 13.8 Å². The van der Waals surface area contributed by atoms with E-state index in [0.29, 0.717) is 22.5 Å². The van der Waals surface area contributed by atoms with Crippen LogP contribution < -0.4 is 0 Å². The fraction of sp³-hybridized carbons (Fsp3) is 0.167. The average Bonchev–Trinajstić information content (AvgIpc) is 2.52. The van der Waals surface area contributed by atoms with E-state index in [2.05, 4.69) is 4.99 Å². The zero-order valence-electron chi connectivity index (χ0n) is 13.6. The van der Waals surface area contributed by atoms with E-state index in [4.69, 9.17) is 0 Å². The first kappa shape index (κ1) is 17.9. The summed E-state index contributed by atoms with van der Waals surface area (Å²) in [7, 11) is -3.31. The normalized spacial score (nSPS) is 12.5. The summed E-state index contributed by atoms with van der Waals surface area (Å²) in [5.74, 6) is -0.491. The number of aliphatic hydroxyl groups is 1. The number of aliphatic imine (C=N–C) groups is 1. The second-order valence-corrected chi connectivity index (χ2v) is 7.58. The first-order valence-electron chi connectivity index (χ1n) is 7.20. The summed E-state index contributed by atoms with van der Waals surface area (Å²) in [6.07, 6.45) is 1.12. The van der Waals surface area contributed by atoms with Crippen LogP contribution in [-0.4, -0.2) is 25.5 Å². The quantitative estimate of drug-likeness (QED) is 0.514. The lowest BCUT2D eigenvalue weighted by Gasteiger charge is -2.09. The van der Waals surface area contributed by atoms with Gasteiger partial charge in [0.15, 0.2) is 9.84 Å². The predicted octanol–water partition coefficient (Wildman–Crippen LogP) is 4.09. The van der Waals surface area contributed by atoms with Crippen molar-refractivity contribution in [3.63, 3.8) is 0 Å². The van der Waals surface area contributed by atoms with Gasteiger partial charge in [-0.05, 0) is 62.4 Å². The third kappa shape index (κ3) is 4.29. The van der Waals surface area contributed by atoms with Crippen LogP contribution in [0.3, 0.4) is 0 Å². The highest BCUT2D eigenvalue weighted by Gasteiger charge is 2.12. The minimum absolute atomic E-state index is 0.108. The van der Waals surface area contributed by atoms with Gasteiger partial charge in [0.05, 0.1) is 4.90 Å². The van der Waals surface area contributed by atoms with Crippen molar-refractivity contribution in [1.29, 1.82) is 0 Å². The maximum Gasteiger partial charge on any atom is 0.175 e. The molecular formula is C18H18FNO3S. The van der Waals surface area contributed by atoms with Crippen LogP contribution in [0.5, 0.6) is 0 Å². The van der Waals surface area contributed by atoms with E-state index >= 15 is 0 Å². The van der Waals surface area contributed by atoms with Gasteiger partial charge < -0.3 is 5.11 Å². The molecule has 4 nitrogen and oxygen atoms in total. The van der Waals surface area contributed by atoms with Gasteiger partial charge in [-0.3, -0.25) is 4.99 Å². The number of benzene rings is 2. The zero-order chi connectivity index (χ0) is 17.9. The van der Waals surface area contributed by atoms with Crippen LogP contribution in [0.4, 0.5) is 4.39 Å². The topological polar surface area (TPSA) is 66.7 Å². The summed E-state index contributed by atoms with van der Waals surface area (Å²) in [6.45, 7) is 3.56. The average molecular weight is 347 g/mol. The summed E-state index contributed by atoms with van der Waals surface area (Å²) in [4.78, 5) is 4.49. The van der Waals surface area contributed by atoms with Crippen LogP contribution in [0.2, 0.25) is 0 Å². The highest BCUT2D eigenvalue weighted by Crippen LogP contribution is 2.27. The third-order valence-electron chi connectivity index (χ3n) is 3.23. The van der Waals surface area contributed by atoms with Gasteiger partial charge in [-0.1, -0.05) is 0 Å². The number of halogens is 1. The van der Waals surface area contributed by atoms with Crippen molar-refractivity contribution in [2.24, 2.45) is 4.99 Å². The Bertz CT molecular complexity index is 892. The third-order valence-corrected chi connectivity index (χ3v) is 4.36. The van der Waals surface area contributed by atoms with E-state index in [-0.39, 0.29) is 16.5 Å². The Morgan fingerprint density at radius 1 is 0.958 bits per heavy atom. The monoisotopic (exact) mass is 347 g/mol. The maximum atomic E-state index is 13.1. The molecule has 2 aromatic carbocycles. The van der Waals surface area contributed by atoms with Crippen LogP contribution in [-0.2, 0) is 9.84 Å².